The molecule has 1 aliphatic rings. The van der Waals surface area contributed by atoms with Gasteiger partial charge in [-0.25, -0.2) is 0 Å². The minimum absolute atomic E-state index is 0.420. The Hall–Kier alpha value is -0.500. The van der Waals surface area contributed by atoms with Gasteiger partial charge in [0.1, 0.15) is 0 Å². The lowest BCUT2D eigenvalue weighted by atomic mass is 10.1. The Labute approximate surface area is 90.3 Å². The van der Waals surface area contributed by atoms with Gasteiger partial charge in [0.2, 0.25) is 0 Å². The maximum absolute atomic E-state index is 6.24. The summed E-state index contributed by atoms with van der Waals surface area (Å²) in [6, 6.07) is 2.08. The highest BCUT2D eigenvalue weighted by molar-refractivity contribution is 6.20. The van der Waals surface area contributed by atoms with Crippen LogP contribution in [0.5, 0.6) is 0 Å². The quantitative estimate of drug-likeness (QED) is 0.687. The molecule has 1 aromatic heterocycles. The fourth-order valence-electron chi connectivity index (χ4n) is 1.82. The number of rotatable bonds is 5. The molecule has 0 aliphatic heterocycles. The lowest BCUT2D eigenvalue weighted by Crippen LogP contribution is -2.03. The lowest BCUT2D eigenvalue weighted by Gasteiger charge is -2.07. The van der Waals surface area contributed by atoms with E-state index in [0.29, 0.717) is 5.38 Å². The molecule has 1 aromatic rings. The number of halogens is 1. The maximum Gasteiger partial charge on any atom is 0.0492 e. The molecule has 1 heterocycles. The second-order valence-electron chi connectivity index (χ2n) is 4.19. The third-order valence-corrected chi connectivity index (χ3v) is 3.54. The molecule has 0 spiro atoms. The van der Waals surface area contributed by atoms with Crippen LogP contribution in [0.15, 0.2) is 12.3 Å². The van der Waals surface area contributed by atoms with Crippen LogP contribution in [0, 0.1) is 5.92 Å². The summed E-state index contributed by atoms with van der Waals surface area (Å²) in [4.78, 5) is 0. The highest BCUT2D eigenvalue weighted by Crippen LogP contribution is 2.37. The minimum Gasteiger partial charge on any atom is -0.273 e. The molecule has 1 fully saturated rings. The number of nitrogens with zero attached hydrogens (tertiary/aromatic N) is 2. The summed E-state index contributed by atoms with van der Waals surface area (Å²) in [5.74, 6) is 0.822. The highest BCUT2D eigenvalue weighted by Gasteiger charge is 2.28. The summed E-state index contributed by atoms with van der Waals surface area (Å²) in [6.45, 7) is 0. The lowest BCUT2D eigenvalue weighted by molar-refractivity contribution is 0.612. The monoisotopic (exact) mass is 212 g/mol. The van der Waals surface area contributed by atoms with Gasteiger partial charge >= 0.3 is 0 Å². The van der Waals surface area contributed by atoms with Crippen LogP contribution < -0.4 is 0 Å². The first kappa shape index (κ1) is 10.0. The van der Waals surface area contributed by atoms with Crippen LogP contribution in [-0.4, -0.2) is 15.2 Å². The van der Waals surface area contributed by atoms with Crippen LogP contribution in [0.4, 0.5) is 0 Å². The molecule has 1 atom stereocenters. The average molecular weight is 213 g/mol. The van der Waals surface area contributed by atoms with E-state index in [4.69, 9.17) is 11.6 Å². The second kappa shape index (κ2) is 4.35. The number of aryl methyl sites for hydroxylation is 2. The molecule has 1 aliphatic carbocycles. The Morgan fingerprint density at radius 3 is 3.00 bits per heavy atom. The normalized spacial score (nSPS) is 18.4. The first-order valence-corrected chi connectivity index (χ1v) is 5.82. The summed E-state index contributed by atoms with van der Waals surface area (Å²) >= 11 is 6.24. The molecule has 1 saturated carbocycles. The van der Waals surface area contributed by atoms with Gasteiger partial charge in [0, 0.05) is 24.3 Å². The van der Waals surface area contributed by atoms with Gasteiger partial charge in [-0.15, -0.1) is 11.6 Å². The molecule has 0 aromatic carbocycles. The van der Waals surface area contributed by atoms with Crippen molar-refractivity contribution < 1.29 is 0 Å². The van der Waals surface area contributed by atoms with Gasteiger partial charge in [-0.2, -0.15) is 5.10 Å². The van der Waals surface area contributed by atoms with Crippen molar-refractivity contribution in [2.75, 3.05) is 0 Å². The first-order valence-electron chi connectivity index (χ1n) is 5.38. The van der Waals surface area contributed by atoms with Crippen molar-refractivity contribution in [2.45, 2.75) is 37.5 Å². The SMILES string of the molecule is Cn1nccc1CCCC(Cl)C1CC1. The summed E-state index contributed by atoms with van der Waals surface area (Å²) < 4.78 is 1.94. The van der Waals surface area contributed by atoms with Crippen molar-refractivity contribution in [1.29, 1.82) is 0 Å². The molecule has 2 nitrogen and oxygen atoms in total. The second-order valence-corrected chi connectivity index (χ2v) is 4.75. The zero-order chi connectivity index (χ0) is 9.97. The molecule has 0 N–H and O–H groups in total. The first-order chi connectivity index (χ1) is 6.77. The van der Waals surface area contributed by atoms with Crippen LogP contribution in [0.25, 0.3) is 0 Å². The van der Waals surface area contributed by atoms with E-state index in [1.807, 2.05) is 17.9 Å². The van der Waals surface area contributed by atoms with Crippen molar-refractivity contribution in [1.82, 2.24) is 9.78 Å². The van der Waals surface area contributed by atoms with Crippen molar-refractivity contribution in [3.8, 4) is 0 Å². The van der Waals surface area contributed by atoms with Crippen molar-refractivity contribution in [3.63, 3.8) is 0 Å². The molecule has 2 rings (SSSR count). The Kier molecular flexibility index (Phi) is 3.12. The number of aromatic nitrogens is 2. The third-order valence-electron chi connectivity index (χ3n) is 2.97. The Morgan fingerprint density at radius 2 is 2.43 bits per heavy atom. The fourth-order valence-corrected chi connectivity index (χ4v) is 2.22. The molecule has 0 saturated heterocycles. The van der Waals surface area contributed by atoms with E-state index in [9.17, 15) is 0 Å². The smallest absolute Gasteiger partial charge is 0.0492 e. The van der Waals surface area contributed by atoms with Gasteiger partial charge in [0.25, 0.3) is 0 Å². The Bertz CT molecular complexity index is 291. The predicted molar refractivity (Wildman–Crippen MR) is 58.5 cm³/mol. The van der Waals surface area contributed by atoms with E-state index in [2.05, 4.69) is 11.2 Å². The third kappa shape index (κ3) is 2.50. The molecular formula is C11H17ClN2. The van der Waals surface area contributed by atoms with Crippen molar-refractivity contribution in [2.24, 2.45) is 13.0 Å². The van der Waals surface area contributed by atoms with Gasteiger partial charge in [-0.05, 0) is 44.1 Å². The van der Waals surface area contributed by atoms with Crippen LogP contribution in [0.1, 0.15) is 31.4 Å². The van der Waals surface area contributed by atoms with Gasteiger partial charge in [0.15, 0.2) is 0 Å². The molecular weight excluding hydrogens is 196 g/mol. The number of hydrogen-bond donors (Lipinski definition) is 0. The topological polar surface area (TPSA) is 17.8 Å². The Morgan fingerprint density at radius 1 is 1.64 bits per heavy atom. The standard InChI is InChI=1S/C11H17ClN2/c1-14-10(7-8-13-14)3-2-4-11(12)9-5-6-9/h7-9,11H,2-6H2,1H3. The van der Waals surface area contributed by atoms with E-state index >= 15 is 0 Å². The van der Waals surface area contributed by atoms with Crippen LogP contribution in [0.2, 0.25) is 0 Å². The maximum atomic E-state index is 6.24. The summed E-state index contributed by atoms with van der Waals surface area (Å²) in [6.07, 6.45) is 7.99. The van der Waals surface area contributed by atoms with Crippen LogP contribution in [-0.2, 0) is 13.5 Å². The minimum atomic E-state index is 0.420. The largest absolute Gasteiger partial charge is 0.273 e. The predicted octanol–water partition coefficient (Wildman–Crippen LogP) is 2.76. The zero-order valence-electron chi connectivity index (χ0n) is 8.62. The summed E-state index contributed by atoms with van der Waals surface area (Å²) in [5.41, 5.74) is 1.31. The van der Waals surface area contributed by atoms with Gasteiger partial charge in [-0.3, -0.25) is 4.68 Å². The molecule has 1 unspecified atom stereocenters. The average Bonchev–Trinajstić information content (AvgIpc) is 2.93. The molecule has 0 radical (unpaired) electrons. The molecule has 3 heteroatoms. The van der Waals surface area contributed by atoms with Gasteiger partial charge in [-0.1, -0.05) is 0 Å². The van der Waals surface area contributed by atoms with E-state index < -0.39 is 0 Å². The van der Waals surface area contributed by atoms with Gasteiger partial charge < -0.3 is 0 Å². The summed E-state index contributed by atoms with van der Waals surface area (Å²) in [7, 11) is 1.99. The summed E-state index contributed by atoms with van der Waals surface area (Å²) in [5, 5.41) is 4.57. The van der Waals surface area contributed by atoms with Crippen LogP contribution in [0.3, 0.4) is 0 Å². The molecule has 0 amide bonds. The molecule has 14 heavy (non-hydrogen) atoms. The zero-order valence-corrected chi connectivity index (χ0v) is 9.37. The van der Waals surface area contributed by atoms with E-state index in [-0.39, 0.29) is 0 Å². The fraction of sp³-hybridized carbons (Fsp3) is 0.727. The molecule has 0 bridgehead atoms. The molecule has 78 valence electrons. The van der Waals surface area contributed by atoms with Crippen molar-refractivity contribution >= 4 is 11.6 Å². The van der Waals surface area contributed by atoms with Crippen LogP contribution >= 0.6 is 11.6 Å². The van der Waals surface area contributed by atoms with E-state index in [0.717, 1.165) is 18.8 Å². The number of hydrogen-bond acceptors (Lipinski definition) is 1. The highest BCUT2D eigenvalue weighted by atomic mass is 35.5. The Balaban J connectivity index is 1.69. The van der Waals surface area contributed by atoms with Gasteiger partial charge in [0.05, 0.1) is 0 Å². The van der Waals surface area contributed by atoms with E-state index in [1.165, 1.54) is 25.0 Å². The number of alkyl halides is 1. The van der Waals surface area contributed by atoms with E-state index in [1.54, 1.807) is 0 Å². The van der Waals surface area contributed by atoms with Crippen molar-refractivity contribution in [3.05, 3.63) is 18.0 Å².